The van der Waals surface area contributed by atoms with Gasteiger partial charge < -0.3 is 24.8 Å². The van der Waals surface area contributed by atoms with Crippen LogP contribution in [0.4, 0.5) is 0 Å². The van der Waals surface area contributed by atoms with Gasteiger partial charge in [-0.2, -0.15) is 0 Å². The molecule has 2 aromatic rings. The summed E-state index contributed by atoms with van der Waals surface area (Å²) in [7, 11) is 0. The monoisotopic (exact) mass is 462 g/mol. The van der Waals surface area contributed by atoms with Gasteiger partial charge in [0.15, 0.2) is 0 Å². The molecule has 0 spiro atoms. The first-order valence-electron chi connectivity index (χ1n) is 10.2. The molecule has 0 heterocycles. The van der Waals surface area contributed by atoms with E-state index >= 15 is 0 Å². The average Bonchev–Trinajstić information content (AvgIpc) is 3.11. The SMILES string of the molecule is O=C([O][Ti+2][CH]1CCCC2=C1CC1=C2CCCC1)c1cccc2ccccc12.[Cl-].[Cl-]. The Hall–Kier alpha value is -1.06. The maximum absolute atomic E-state index is 12.8. The summed E-state index contributed by atoms with van der Waals surface area (Å²) in [4.78, 5) is 12.8. The quantitative estimate of drug-likeness (QED) is 0.622. The molecule has 0 aliphatic heterocycles. The molecule has 0 amide bonds. The zero-order chi connectivity index (χ0) is 18.2. The van der Waals surface area contributed by atoms with Crippen LogP contribution in [-0.4, -0.2) is 5.97 Å². The largest absolute Gasteiger partial charge is 1.00 e. The van der Waals surface area contributed by atoms with Gasteiger partial charge in [-0.15, -0.1) is 0 Å². The summed E-state index contributed by atoms with van der Waals surface area (Å²) in [5.41, 5.74) is 7.45. The van der Waals surface area contributed by atoms with Crippen molar-refractivity contribution in [1.29, 1.82) is 0 Å². The number of fused-ring (bicyclic) bond motifs is 2. The summed E-state index contributed by atoms with van der Waals surface area (Å²) in [5, 5.41) is 2.10. The summed E-state index contributed by atoms with van der Waals surface area (Å²) in [5.74, 6) is -0.129. The van der Waals surface area contributed by atoms with Crippen molar-refractivity contribution in [2.45, 2.75) is 55.6 Å². The molecule has 5 heteroatoms. The van der Waals surface area contributed by atoms with Gasteiger partial charge in [-0.05, 0) is 0 Å². The maximum atomic E-state index is 12.8. The molecule has 5 rings (SSSR count). The van der Waals surface area contributed by atoms with E-state index in [-0.39, 0.29) is 30.8 Å². The van der Waals surface area contributed by atoms with Crippen LogP contribution >= 0.6 is 0 Å². The molecule has 2 aromatic carbocycles. The fourth-order valence-electron chi connectivity index (χ4n) is 5.07. The zero-order valence-electron chi connectivity index (χ0n) is 16.3. The molecule has 0 bridgehead atoms. The van der Waals surface area contributed by atoms with E-state index in [9.17, 15) is 4.79 Å². The minimum absolute atomic E-state index is 0. The van der Waals surface area contributed by atoms with Crippen molar-refractivity contribution in [2.24, 2.45) is 0 Å². The van der Waals surface area contributed by atoms with Crippen LogP contribution in [0.25, 0.3) is 10.8 Å². The number of halogens is 2. The molecular formula is C24H24Cl2O2Ti. The Morgan fingerprint density at radius 3 is 2.55 bits per heavy atom. The first-order chi connectivity index (χ1) is 13.3. The summed E-state index contributed by atoms with van der Waals surface area (Å²) < 4.78 is 6.51. The van der Waals surface area contributed by atoms with Crippen LogP contribution in [0.2, 0.25) is 4.22 Å². The van der Waals surface area contributed by atoms with Gasteiger partial charge in [-0.3, -0.25) is 0 Å². The van der Waals surface area contributed by atoms with Gasteiger partial charge in [0.2, 0.25) is 0 Å². The second kappa shape index (κ2) is 9.83. The predicted octanol–water partition coefficient (Wildman–Crippen LogP) is 0.545. The summed E-state index contributed by atoms with van der Waals surface area (Å²) >= 11 is -0.772. The molecule has 3 aliphatic rings. The van der Waals surface area contributed by atoms with Crippen LogP contribution in [0.3, 0.4) is 0 Å². The Balaban J connectivity index is 0.00000120. The van der Waals surface area contributed by atoms with Gasteiger partial charge in [-0.1, -0.05) is 0 Å². The Morgan fingerprint density at radius 1 is 0.897 bits per heavy atom. The summed E-state index contributed by atoms with van der Waals surface area (Å²) in [6.07, 6.45) is 10.2. The molecule has 0 fully saturated rings. The molecule has 3 aliphatic carbocycles. The van der Waals surface area contributed by atoms with Gasteiger partial charge in [-0.25, -0.2) is 0 Å². The molecule has 1 atom stereocenters. The molecule has 2 nitrogen and oxygen atoms in total. The van der Waals surface area contributed by atoms with Crippen molar-refractivity contribution < 1.29 is 52.5 Å². The Morgan fingerprint density at radius 2 is 1.66 bits per heavy atom. The Labute approximate surface area is 194 Å². The normalized spacial score (nSPS) is 20.2. The molecular weight excluding hydrogens is 439 g/mol. The van der Waals surface area contributed by atoms with Gasteiger partial charge in [0, 0.05) is 0 Å². The van der Waals surface area contributed by atoms with Crippen LogP contribution in [0.5, 0.6) is 0 Å². The second-order valence-electron chi connectivity index (χ2n) is 7.95. The van der Waals surface area contributed by atoms with Crippen molar-refractivity contribution in [3.63, 3.8) is 0 Å². The van der Waals surface area contributed by atoms with E-state index in [0.717, 1.165) is 10.8 Å². The van der Waals surface area contributed by atoms with E-state index in [0.29, 0.717) is 9.79 Å². The van der Waals surface area contributed by atoms with Crippen molar-refractivity contribution in [2.75, 3.05) is 0 Å². The fourth-order valence-corrected chi connectivity index (χ4v) is 6.79. The molecule has 1 unspecified atom stereocenters. The van der Waals surface area contributed by atoms with E-state index in [4.69, 9.17) is 3.32 Å². The van der Waals surface area contributed by atoms with Gasteiger partial charge in [0.1, 0.15) is 0 Å². The van der Waals surface area contributed by atoms with E-state index in [1.807, 2.05) is 30.3 Å². The van der Waals surface area contributed by atoms with E-state index < -0.39 is 19.5 Å². The van der Waals surface area contributed by atoms with E-state index in [2.05, 4.69) is 12.1 Å². The zero-order valence-corrected chi connectivity index (χ0v) is 19.4. The number of allylic oxidation sites excluding steroid dienone is 4. The first-order valence-corrected chi connectivity index (χ1v) is 11.7. The topological polar surface area (TPSA) is 26.3 Å². The summed E-state index contributed by atoms with van der Waals surface area (Å²) in [6.45, 7) is 0. The van der Waals surface area contributed by atoms with Crippen LogP contribution < -0.4 is 24.8 Å². The fraction of sp³-hybridized carbons (Fsp3) is 0.375. The molecule has 0 N–H and O–H groups in total. The second-order valence-corrected chi connectivity index (χ2v) is 9.72. The number of hydrogen-bond donors (Lipinski definition) is 0. The van der Waals surface area contributed by atoms with Crippen molar-refractivity contribution in [3.05, 3.63) is 70.3 Å². The number of benzene rings is 2. The maximum Gasteiger partial charge on any atom is -1.00 e. The Bertz CT molecular complexity index is 975. The van der Waals surface area contributed by atoms with Crippen LogP contribution in [-0.2, 0) is 22.9 Å². The van der Waals surface area contributed by atoms with Crippen molar-refractivity contribution in [3.8, 4) is 0 Å². The van der Waals surface area contributed by atoms with Crippen LogP contribution in [0.15, 0.2) is 64.8 Å². The molecule has 0 saturated heterocycles. The number of hydrogen-bond acceptors (Lipinski definition) is 2. The van der Waals surface area contributed by atoms with Gasteiger partial charge in [0.05, 0.1) is 0 Å². The number of carbonyl (C=O) groups excluding carboxylic acids is 1. The van der Waals surface area contributed by atoms with Crippen LogP contribution in [0, 0.1) is 0 Å². The molecule has 0 saturated carbocycles. The van der Waals surface area contributed by atoms with Gasteiger partial charge >= 0.3 is 170 Å². The number of rotatable bonds is 3. The average molecular weight is 463 g/mol. The van der Waals surface area contributed by atoms with E-state index in [1.54, 1.807) is 22.3 Å². The van der Waals surface area contributed by atoms with Crippen molar-refractivity contribution >= 4 is 16.7 Å². The summed E-state index contributed by atoms with van der Waals surface area (Å²) in [6, 6.07) is 14.0. The third-order valence-electron chi connectivity index (χ3n) is 6.38. The smallest absolute Gasteiger partial charge is 1.00 e. The third kappa shape index (κ3) is 4.37. The molecule has 29 heavy (non-hydrogen) atoms. The van der Waals surface area contributed by atoms with Gasteiger partial charge in [0.25, 0.3) is 0 Å². The minimum atomic E-state index is -0.772. The third-order valence-corrected chi connectivity index (χ3v) is 8.29. The van der Waals surface area contributed by atoms with Crippen LogP contribution in [0.1, 0.15) is 61.7 Å². The predicted molar refractivity (Wildman–Crippen MR) is 104 cm³/mol. The minimum Gasteiger partial charge on any atom is -1.00 e. The Kier molecular flexibility index (Phi) is 7.67. The molecule has 0 radical (unpaired) electrons. The van der Waals surface area contributed by atoms with E-state index in [1.165, 1.54) is 51.4 Å². The first kappa shape index (κ1) is 22.6. The standard InChI is InChI=1S/C13H17.C11H8O2.2ClH.Ti/c1-3-7-12-10(5-1)9-11-6-2-4-8-13(11)12;12-11(13)10-7-3-5-8-4-1-2-6-9(8)10;;;/h5H,1-4,6-9H2;1-7H,(H,12,13);2*1H;/q;;;;+3/p-3. The molecule has 0 aromatic heterocycles. The van der Waals surface area contributed by atoms with Crippen molar-refractivity contribution in [1.82, 2.24) is 0 Å². The molecule has 150 valence electrons. The number of carbonyl (C=O) groups is 1.